The summed E-state index contributed by atoms with van der Waals surface area (Å²) in [7, 11) is -4.49. The molecule has 20 heteroatoms. The average molecular weight is 761 g/mol. The minimum absolute atomic E-state index is 0. The van der Waals surface area contributed by atoms with Crippen molar-refractivity contribution in [2.24, 2.45) is 0 Å². The molecule has 0 aliphatic carbocycles. The number of hydrogen-bond acceptors (Lipinski definition) is 15. The summed E-state index contributed by atoms with van der Waals surface area (Å²) in [6, 6.07) is 11.0. The van der Waals surface area contributed by atoms with Gasteiger partial charge in [0.2, 0.25) is 0 Å². The molecule has 0 bridgehead atoms. The van der Waals surface area contributed by atoms with E-state index in [1.54, 1.807) is 6.07 Å². The summed E-state index contributed by atoms with van der Waals surface area (Å²) in [5.74, 6) is -7.17. The Labute approximate surface area is 382 Å². The summed E-state index contributed by atoms with van der Waals surface area (Å²) in [5.41, 5.74) is -1.11. The number of benzene rings is 3. The number of phenols is 2. The molecule has 0 radical (unpaired) electrons. The van der Waals surface area contributed by atoms with E-state index >= 15 is 0 Å². The maximum absolute atomic E-state index is 13.6. The molecule has 1 aliphatic heterocycles. The molecule has 0 unspecified atom stereocenters. The van der Waals surface area contributed by atoms with E-state index in [-0.39, 0.29) is 174 Å². The van der Waals surface area contributed by atoms with Crippen LogP contribution in [0.5, 0.6) is 11.5 Å². The predicted octanol–water partition coefficient (Wildman–Crippen LogP) is -15.7. The van der Waals surface area contributed by atoms with Crippen LogP contribution in [0.2, 0.25) is 0 Å². The van der Waals surface area contributed by atoms with Gasteiger partial charge < -0.3 is 49.8 Å². The number of nitrogens with zero attached hydrogens (tertiary/aromatic N) is 2. The van der Waals surface area contributed by atoms with Crippen LogP contribution in [-0.2, 0) is 52.2 Å². The number of fused-ring (bicyclic) bond motifs is 1. The molecule has 0 saturated heterocycles. The summed E-state index contributed by atoms with van der Waals surface area (Å²) in [6.07, 6.45) is 0. The Bertz CT molecular complexity index is 1770. The predicted molar refractivity (Wildman–Crippen MR) is 151 cm³/mol. The normalized spacial score (nSPS) is 13.5. The average Bonchev–Trinajstić information content (AvgIpc) is 3.17. The third-order valence-electron chi connectivity index (χ3n) is 7.58. The van der Waals surface area contributed by atoms with Crippen LogP contribution in [-0.4, -0.2) is 78.5 Å². The Morgan fingerprint density at radius 2 is 1.00 bits per heavy atom. The van der Waals surface area contributed by atoms with E-state index < -0.39 is 78.9 Å². The van der Waals surface area contributed by atoms with Crippen LogP contribution in [0.4, 0.5) is 0 Å². The molecule has 4 rings (SSSR count). The zero-order valence-corrected chi connectivity index (χ0v) is 37.9. The van der Waals surface area contributed by atoms with Gasteiger partial charge in [-0.3, -0.25) is 9.80 Å². The van der Waals surface area contributed by atoms with E-state index in [9.17, 15) is 58.2 Å². The van der Waals surface area contributed by atoms with Gasteiger partial charge in [-0.25, -0.2) is 4.18 Å². The van der Waals surface area contributed by atoms with Crippen molar-refractivity contribution < 1.29 is 181 Å². The second kappa shape index (κ2) is 20.6. The van der Waals surface area contributed by atoms with Gasteiger partial charge >= 0.3 is 118 Å². The van der Waals surface area contributed by atoms with E-state index in [0.717, 1.165) is 9.80 Å². The fourth-order valence-electron chi connectivity index (χ4n) is 5.79. The summed E-state index contributed by atoms with van der Waals surface area (Å²) < 4.78 is 33.1. The number of hydrogen-bond donors (Lipinski definition) is 2. The molecule has 3 aromatic carbocycles. The Balaban J connectivity index is 0.00000625. The third-order valence-corrected chi connectivity index (χ3v) is 8.94. The van der Waals surface area contributed by atoms with Gasteiger partial charge in [0.15, 0.2) is 5.60 Å². The first-order valence-corrected chi connectivity index (χ1v) is 15.3. The van der Waals surface area contributed by atoms with E-state index in [4.69, 9.17) is 4.18 Å². The van der Waals surface area contributed by atoms with Crippen LogP contribution in [0, 0.1) is 13.8 Å². The first kappa shape index (κ1) is 50.0. The molecule has 0 aromatic heterocycles. The van der Waals surface area contributed by atoms with Crippen LogP contribution in [0.3, 0.4) is 0 Å². The van der Waals surface area contributed by atoms with Gasteiger partial charge in [-0.15, -0.1) is 0 Å². The minimum atomic E-state index is -4.49. The number of phenolic OH excluding ortho intramolecular Hbond substituents is 2. The molecule has 1 heterocycles. The number of aromatic hydroxyl groups is 2. The molecule has 15 nitrogen and oxygen atoms in total. The Morgan fingerprint density at radius 3 is 1.35 bits per heavy atom. The van der Waals surface area contributed by atoms with Gasteiger partial charge in [0.05, 0.1) is 23.9 Å². The molecule has 1 aliphatic rings. The molecule has 0 spiro atoms. The zero-order valence-electron chi connectivity index (χ0n) is 29.0. The van der Waals surface area contributed by atoms with Crippen LogP contribution in [0.15, 0.2) is 53.4 Å². The van der Waals surface area contributed by atoms with Gasteiger partial charge in [0.25, 0.3) is 10.1 Å². The molecular formula is C31H28N2Na4O13S. The maximum atomic E-state index is 13.6. The van der Waals surface area contributed by atoms with Crippen molar-refractivity contribution in [2.75, 3.05) is 26.2 Å². The van der Waals surface area contributed by atoms with Gasteiger partial charge in [0.1, 0.15) is 16.4 Å². The monoisotopic (exact) mass is 760 g/mol. The minimum Gasteiger partial charge on any atom is -0.549 e. The molecule has 51 heavy (non-hydrogen) atoms. The number of carbonyl (C=O) groups excluding carboxylic acids is 4. The molecule has 3 aromatic rings. The summed E-state index contributed by atoms with van der Waals surface area (Å²) in [4.78, 5) is 46.9. The zero-order chi connectivity index (χ0) is 34.8. The van der Waals surface area contributed by atoms with Crippen molar-refractivity contribution in [3.63, 3.8) is 0 Å². The summed E-state index contributed by atoms with van der Waals surface area (Å²) in [5, 5.41) is 67.0. The van der Waals surface area contributed by atoms with Crippen molar-refractivity contribution in [1.29, 1.82) is 0 Å². The van der Waals surface area contributed by atoms with Crippen LogP contribution >= 0.6 is 0 Å². The summed E-state index contributed by atoms with van der Waals surface area (Å²) >= 11 is 0. The first-order chi connectivity index (χ1) is 21.9. The van der Waals surface area contributed by atoms with Crippen LogP contribution in [0.25, 0.3) is 0 Å². The number of aliphatic carboxylic acids is 4. The van der Waals surface area contributed by atoms with Crippen molar-refractivity contribution in [3.8, 4) is 11.5 Å². The van der Waals surface area contributed by atoms with E-state index in [2.05, 4.69) is 0 Å². The van der Waals surface area contributed by atoms with E-state index in [1.807, 2.05) is 0 Å². The molecule has 0 amide bonds. The van der Waals surface area contributed by atoms with Gasteiger partial charge in [-0.05, 0) is 66.4 Å². The fourth-order valence-corrected chi connectivity index (χ4v) is 7.20. The van der Waals surface area contributed by atoms with Crippen molar-refractivity contribution in [3.05, 3.63) is 87.5 Å². The second-order valence-electron chi connectivity index (χ2n) is 11.1. The Hall–Kier alpha value is -1.03. The quantitative estimate of drug-likeness (QED) is 0.114. The smallest absolute Gasteiger partial charge is 0.549 e. The summed E-state index contributed by atoms with van der Waals surface area (Å²) in [6.45, 7) is -1.20. The molecule has 0 atom stereocenters. The number of aryl methyl sites for hydroxylation is 2. The largest absolute Gasteiger partial charge is 1.00 e. The maximum Gasteiger partial charge on any atom is 1.00 e. The molecule has 2 N–H and O–H groups in total. The van der Waals surface area contributed by atoms with Crippen molar-refractivity contribution in [2.45, 2.75) is 37.4 Å². The van der Waals surface area contributed by atoms with Crippen LogP contribution < -0.4 is 139 Å². The second-order valence-corrected chi connectivity index (χ2v) is 12.6. The number of carbonyl (C=O) groups is 4. The topological polar surface area (TPSA) is 251 Å². The molecule has 0 saturated carbocycles. The Kier molecular flexibility index (Phi) is 20.2. The third kappa shape index (κ3) is 11.7. The SMILES string of the molecule is Cc1cc(O)c(CN(CC(=O)[O-])CC(=O)[O-])cc1C1(c2cc(CN(CC(=O)[O-])CC(=O)[O-])c(O)cc2C)OS(=O)(=O)c2ccccc21.[Na+].[Na+].[Na+].[Na+]. The number of carboxylic acids is 4. The number of carboxylic acid groups (broad SMARTS) is 4. The van der Waals surface area contributed by atoms with E-state index in [0.29, 0.717) is 0 Å². The van der Waals surface area contributed by atoms with Crippen molar-refractivity contribution >= 4 is 34.0 Å². The van der Waals surface area contributed by atoms with Crippen LogP contribution in [0.1, 0.15) is 38.9 Å². The Morgan fingerprint density at radius 1 is 0.647 bits per heavy atom. The van der Waals surface area contributed by atoms with E-state index in [1.165, 1.54) is 56.3 Å². The van der Waals surface area contributed by atoms with Gasteiger partial charge in [0, 0.05) is 56.0 Å². The van der Waals surface area contributed by atoms with Gasteiger partial charge in [-0.2, -0.15) is 8.42 Å². The first-order valence-electron chi connectivity index (χ1n) is 13.9. The molecular weight excluding hydrogens is 732 g/mol. The fraction of sp³-hybridized carbons (Fsp3) is 0.290. The van der Waals surface area contributed by atoms with Crippen molar-refractivity contribution in [1.82, 2.24) is 9.80 Å². The number of rotatable bonds is 14. The molecule has 0 fully saturated rings. The van der Waals surface area contributed by atoms with Gasteiger partial charge in [-0.1, -0.05) is 18.2 Å². The standard InChI is InChI=1S/C31H32N2O13S.4Na/c1-17-7-24(34)19(11-32(13-27(36)37)14-28(38)39)9-22(17)31(21-5-3-4-6-26(21)47(44,45)46-31)23-10-20(25(35)8-18(23)2)12-33(15-29(40)41)16-30(42)43;;;;/h3-10,34-35H,11-16H2,1-2H3,(H,36,37)(H,38,39)(H,40,41)(H,42,43);;;;/q;4*+1/p-4. The molecule has 250 valence electrons.